The van der Waals surface area contributed by atoms with Crippen LogP contribution in [0, 0.1) is 0 Å². The van der Waals surface area contributed by atoms with Gasteiger partial charge in [0.1, 0.15) is 0 Å². The minimum absolute atomic E-state index is 0.0327. The van der Waals surface area contributed by atoms with E-state index in [1.807, 2.05) is 12.1 Å². The molecule has 20 heavy (non-hydrogen) atoms. The largest absolute Gasteiger partial charge is 0.347 e. The average Bonchev–Trinajstić information content (AvgIpc) is 2.45. The van der Waals surface area contributed by atoms with Crippen molar-refractivity contribution < 1.29 is 9.59 Å². The standard InChI is InChI=1S/C15H21N3O2/c1-17(2)14(19)10-18(3)15(20)13-8-11-6-4-5-7-12(11)9-16-13/h4-7,13,16H,8-10H2,1-3H3/t13-/m1/s1. The highest BCUT2D eigenvalue weighted by Crippen LogP contribution is 2.17. The monoisotopic (exact) mass is 275 g/mol. The lowest BCUT2D eigenvalue weighted by Gasteiger charge is -2.29. The number of carbonyl (C=O) groups is 2. The smallest absolute Gasteiger partial charge is 0.241 e. The maximum atomic E-state index is 12.4. The molecular weight excluding hydrogens is 254 g/mol. The van der Waals surface area contributed by atoms with Crippen molar-refractivity contribution in [2.75, 3.05) is 27.7 Å². The molecule has 0 saturated carbocycles. The zero-order chi connectivity index (χ0) is 14.7. The lowest BCUT2D eigenvalue weighted by Crippen LogP contribution is -2.50. The van der Waals surface area contributed by atoms with Crippen LogP contribution >= 0.6 is 0 Å². The van der Waals surface area contributed by atoms with E-state index in [0.717, 1.165) is 0 Å². The molecule has 108 valence electrons. The van der Waals surface area contributed by atoms with Crippen LogP contribution in [0.5, 0.6) is 0 Å². The van der Waals surface area contributed by atoms with E-state index < -0.39 is 0 Å². The molecule has 0 unspecified atom stereocenters. The fourth-order valence-electron chi connectivity index (χ4n) is 2.32. The second-order valence-corrected chi connectivity index (χ2v) is 5.39. The Morgan fingerprint density at radius 2 is 1.85 bits per heavy atom. The van der Waals surface area contributed by atoms with E-state index >= 15 is 0 Å². The Morgan fingerprint density at radius 1 is 1.20 bits per heavy atom. The Hall–Kier alpha value is -1.88. The molecule has 1 N–H and O–H groups in total. The van der Waals surface area contributed by atoms with Crippen molar-refractivity contribution in [3.8, 4) is 0 Å². The van der Waals surface area contributed by atoms with E-state index in [-0.39, 0.29) is 24.4 Å². The molecule has 1 heterocycles. The number of fused-ring (bicyclic) bond motifs is 1. The lowest BCUT2D eigenvalue weighted by molar-refractivity contribution is -0.139. The van der Waals surface area contributed by atoms with Gasteiger partial charge in [-0.2, -0.15) is 0 Å². The summed E-state index contributed by atoms with van der Waals surface area (Å²) in [6.45, 7) is 0.813. The van der Waals surface area contributed by atoms with Gasteiger partial charge in [-0.05, 0) is 17.5 Å². The van der Waals surface area contributed by atoms with Crippen LogP contribution in [0.25, 0.3) is 0 Å². The minimum atomic E-state index is -0.245. The van der Waals surface area contributed by atoms with Crippen molar-refractivity contribution >= 4 is 11.8 Å². The summed E-state index contributed by atoms with van der Waals surface area (Å²) in [5.74, 6) is -0.105. The number of benzene rings is 1. The molecule has 1 atom stereocenters. The molecule has 2 rings (SSSR count). The van der Waals surface area contributed by atoms with Gasteiger partial charge in [-0.1, -0.05) is 24.3 Å². The molecule has 0 bridgehead atoms. The first-order valence-corrected chi connectivity index (χ1v) is 6.74. The SMILES string of the molecule is CN(C)C(=O)CN(C)C(=O)[C@H]1Cc2ccccc2CN1. The van der Waals surface area contributed by atoms with E-state index in [4.69, 9.17) is 0 Å². The van der Waals surface area contributed by atoms with Crippen molar-refractivity contribution in [2.45, 2.75) is 19.0 Å². The van der Waals surface area contributed by atoms with E-state index in [2.05, 4.69) is 17.4 Å². The Labute approximate surface area is 119 Å². The van der Waals surface area contributed by atoms with Gasteiger partial charge in [-0.25, -0.2) is 0 Å². The Morgan fingerprint density at radius 3 is 2.50 bits per heavy atom. The summed E-state index contributed by atoms with van der Waals surface area (Å²) in [6, 6.07) is 7.88. The number of hydrogen-bond donors (Lipinski definition) is 1. The van der Waals surface area contributed by atoms with Crippen molar-refractivity contribution in [3.05, 3.63) is 35.4 Å². The van der Waals surface area contributed by atoms with Gasteiger partial charge in [-0.15, -0.1) is 0 Å². The van der Waals surface area contributed by atoms with Crippen LogP contribution in [-0.4, -0.2) is 55.3 Å². The third-order valence-electron chi connectivity index (χ3n) is 3.63. The average molecular weight is 275 g/mol. The quantitative estimate of drug-likeness (QED) is 0.860. The van der Waals surface area contributed by atoms with E-state index in [1.165, 1.54) is 20.9 Å². The number of nitrogens with one attached hydrogen (secondary N) is 1. The number of carbonyl (C=O) groups excluding carboxylic acids is 2. The van der Waals surface area contributed by atoms with Crippen LogP contribution in [-0.2, 0) is 22.6 Å². The lowest BCUT2D eigenvalue weighted by atomic mass is 9.95. The molecule has 0 aliphatic carbocycles. The Kier molecular flexibility index (Phi) is 4.39. The highest BCUT2D eigenvalue weighted by atomic mass is 16.2. The van der Waals surface area contributed by atoms with Crippen molar-refractivity contribution in [1.82, 2.24) is 15.1 Å². The molecule has 0 radical (unpaired) electrons. The van der Waals surface area contributed by atoms with Crippen LogP contribution in [0.3, 0.4) is 0 Å². The first-order valence-electron chi connectivity index (χ1n) is 6.74. The number of nitrogens with zero attached hydrogens (tertiary/aromatic N) is 2. The van der Waals surface area contributed by atoms with Gasteiger partial charge in [-0.3, -0.25) is 9.59 Å². The second kappa shape index (κ2) is 6.05. The van der Waals surface area contributed by atoms with Gasteiger partial charge in [0, 0.05) is 27.7 Å². The van der Waals surface area contributed by atoms with Crippen LogP contribution in [0.1, 0.15) is 11.1 Å². The first kappa shape index (κ1) is 14.5. The van der Waals surface area contributed by atoms with Gasteiger partial charge < -0.3 is 15.1 Å². The molecule has 1 aliphatic heterocycles. The summed E-state index contributed by atoms with van der Waals surface area (Å²) in [5.41, 5.74) is 2.44. The first-order chi connectivity index (χ1) is 9.49. The van der Waals surface area contributed by atoms with Gasteiger partial charge in [0.25, 0.3) is 0 Å². The van der Waals surface area contributed by atoms with Crippen molar-refractivity contribution in [3.63, 3.8) is 0 Å². The zero-order valence-corrected chi connectivity index (χ0v) is 12.2. The topological polar surface area (TPSA) is 52.7 Å². The van der Waals surface area contributed by atoms with Crippen molar-refractivity contribution in [1.29, 1.82) is 0 Å². The summed E-state index contributed by atoms with van der Waals surface area (Å²) >= 11 is 0. The van der Waals surface area contributed by atoms with E-state index in [9.17, 15) is 9.59 Å². The van der Waals surface area contributed by atoms with E-state index in [1.54, 1.807) is 21.1 Å². The molecule has 0 saturated heterocycles. The zero-order valence-electron chi connectivity index (χ0n) is 12.2. The maximum absolute atomic E-state index is 12.4. The molecule has 1 aliphatic rings. The number of rotatable bonds is 3. The molecule has 0 spiro atoms. The summed E-state index contributed by atoms with van der Waals surface area (Å²) in [6.07, 6.45) is 0.676. The fourth-order valence-corrected chi connectivity index (χ4v) is 2.32. The third kappa shape index (κ3) is 3.17. The maximum Gasteiger partial charge on any atom is 0.241 e. The number of hydrogen-bond acceptors (Lipinski definition) is 3. The summed E-state index contributed by atoms with van der Waals surface area (Å²) in [4.78, 5) is 27.0. The van der Waals surface area contributed by atoms with Crippen LogP contribution < -0.4 is 5.32 Å². The molecular formula is C15H21N3O2. The van der Waals surface area contributed by atoms with Crippen LogP contribution in [0.15, 0.2) is 24.3 Å². The van der Waals surface area contributed by atoms with Gasteiger partial charge in [0.15, 0.2) is 0 Å². The number of amides is 2. The third-order valence-corrected chi connectivity index (χ3v) is 3.63. The molecule has 1 aromatic carbocycles. The van der Waals surface area contributed by atoms with Gasteiger partial charge >= 0.3 is 0 Å². The fraction of sp³-hybridized carbons (Fsp3) is 0.467. The molecule has 5 nitrogen and oxygen atoms in total. The van der Waals surface area contributed by atoms with Crippen LogP contribution in [0.4, 0.5) is 0 Å². The number of likely N-dealkylation sites (N-methyl/N-ethyl adjacent to an activating group) is 2. The highest BCUT2D eigenvalue weighted by molar-refractivity contribution is 5.87. The molecule has 2 amide bonds. The second-order valence-electron chi connectivity index (χ2n) is 5.39. The highest BCUT2D eigenvalue weighted by Gasteiger charge is 2.27. The summed E-state index contributed by atoms with van der Waals surface area (Å²) in [7, 11) is 5.05. The molecule has 1 aromatic rings. The van der Waals surface area contributed by atoms with Crippen LogP contribution in [0.2, 0.25) is 0 Å². The summed E-state index contributed by atoms with van der Waals surface area (Å²) in [5, 5.41) is 3.24. The predicted molar refractivity (Wildman–Crippen MR) is 77.1 cm³/mol. The van der Waals surface area contributed by atoms with Gasteiger partial charge in [0.2, 0.25) is 11.8 Å². The summed E-state index contributed by atoms with van der Waals surface area (Å²) < 4.78 is 0. The van der Waals surface area contributed by atoms with Crippen molar-refractivity contribution in [2.24, 2.45) is 0 Å². The molecule has 0 fully saturated rings. The molecule has 0 aromatic heterocycles. The molecule has 5 heteroatoms. The Balaban J connectivity index is 1.99. The minimum Gasteiger partial charge on any atom is -0.347 e. The normalized spacial score (nSPS) is 17.2. The predicted octanol–water partition coefficient (Wildman–Crippen LogP) is 0.248. The Bertz CT molecular complexity index is 514. The van der Waals surface area contributed by atoms with E-state index in [0.29, 0.717) is 13.0 Å². The van der Waals surface area contributed by atoms with Gasteiger partial charge in [0.05, 0.1) is 12.6 Å².